The molecular formula is C14H25N3. The molecule has 0 unspecified atom stereocenters. The molecule has 0 fully saturated rings. The van der Waals surface area contributed by atoms with Crippen molar-refractivity contribution in [2.45, 2.75) is 19.9 Å². The quantitative estimate of drug-likeness (QED) is 0.765. The van der Waals surface area contributed by atoms with Crippen LogP contribution in [0.25, 0.3) is 0 Å². The van der Waals surface area contributed by atoms with Gasteiger partial charge in [0.25, 0.3) is 0 Å². The Morgan fingerprint density at radius 3 is 2.47 bits per heavy atom. The Labute approximate surface area is 105 Å². The van der Waals surface area contributed by atoms with Crippen LogP contribution >= 0.6 is 0 Å². The monoisotopic (exact) mass is 235 g/mol. The summed E-state index contributed by atoms with van der Waals surface area (Å²) in [5.74, 6) is 0. The normalized spacial score (nSPS) is 11.4. The van der Waals surface area contributed by atoms with E-state index in [9.17, 15) is 0 Å². The summed E-state index contributed by atoms with van der Waals surface area (Å²) < 4.78 is 0. The predicted octanol–water partition coefficient (Wildman–Crippen LogP) is 1.96. The van der Waals surface area contributed by atoms with Gasteiger partial charge in [0.1, 0.15) is 0 Å². The standard InChI is InChI=1S/C14H25N3/c1-12-6-7-14(15)13(10-12)11-17(4)9-5-8-16(2)3/h6-7,10H,5,8-9,11,15H2,1-4H3. The zero-order chi connectivity index (χ0) is 12.8. The molecule has 2 N–H and O–H groups in total. The minimum atomic E-state index is 0.898. The van der Waals surface area contributed by atoms with Crippen molar-refractivity contribution in [3.63, 3.8) is 0 Å². The summed E-state index contributed by atoms with van der Waals surface area (Å²) in [5.41, 5.74) is 9.39. The highest BCUT2D eigenvalue weighted by Crippen LogP contribution is 2.15. The molecule has 0 aromatic heterocycles. The van der Waals surface area contributed by atoms with Crippen LogP contribution in [0.3, 0.4) is 0 Å². The SMILES string of the molecule is Cc1ccc(N)c(CN(C)CCCN(C)C)c1. The minimum absolute atomic E-state index is 0.898. The highest BCUT2D eigenvalue weighted by molar-refractivity contribution is 5.48. The van der Waals surface area contributed by atoms with E-state index >= 15 is 0 Å². The van der Waals surface area contributed by atoms with Gasteiger partial charge in [0, 0.05) is 12.2 Å². The third-order valence-electron chi connectivity index (χ3n) is 2.88. The van der Waals surface area contributed by atoms with Crippen molar-refractivity contribution in [3.8, 4) is 0 Å². The van der Waals surface area contributed by atoms with E-state index in [1.807, 2.05) is 6.07 Å². The number of rotatable bonds is 6. The molecule has 0 radical (unpaired) electrons. The second kappa shape index (κ2) is 6.62. The molecule has 17 heavy (non-hydrogen) atoms. The van der Waals surface area contributed by atoms with Crippen LogP contribution in [0.15, 0.2) is 18.2 Å². The molecule has 0 saturated carbocycles. The van der Waals surface area contributed by atoms with Crippen molar-refractivity contribution in [2.75, 3.05) is 40.0 Å². The number of hydrogen-bond acceptors (Lipinski definition) is 3. The zero-order valence-electron chi connectivity index (χ0n) is 11.5. The molecule has 3 nitrogen and oxygen atoms in total. The van der Waals surface area contributed by atoms with Gasteiger partial charge in [0.05, 0.1) is 0 Å². The van der Waals surface area contributed by atoms with E-state index < -0.39 is 0 Å². The Morgan fingerprint density at radius 1 is 1.12 bits per heavy atom. The lowest BCUT2D eigenvalue weighted by atomic mass is 10.1. The van der Waals surface area contributed by atoms with Gasteiger partial charge < -0.3 is 15.5 Å². The van der Waals surface area contributed by atoms with Crippen molar-refractivity contribution >= 4 is 5.69 Å². The summed E-state index contributed by atoms with van der Waals surface area (Å²) in [6, 6.07) is 6.24. The molecule has 0 bridgehead atoms. The molecule has 3 heteroatoms. The number of nitrogens with zero attached hydrogens (tertiary/aromatic N) is 2. The van der Waals surface area contributed by atoms with E-state index in [4.69, 9.17) is 5.73 Å². The van der Waals surface area contributed by atoms with Crippen molar-refractivity contribution in [1.29, 1.82) is 0 Å². The van der Waals surface area contributed by atoms with Gasteiger partial charge in [0.2, 0.25) is 0 Å². The fourth-order valence-electron chi connectivity index (χ4n) is 1.90. The molecule has 0 aliphatic heterocycles. The van der Waals surface area contributed by atoms with Gasteiger partial charge in [-0.3, -0.25) is 0 Å². The van der Waals surface area contributed by atoms with Gasteiger partial charge in [-0.05, 0) is 59.2 Å². The molecule has 0 heterocycles. The molecule has 0 saturated heterocycles. The van der Waals surface area contributed by atoms with Crippen LogP contribution in [0.4, 0.5) is 5.69 Å². The second-order valence-corrected chi connectivity index (χ2v) is 5.10. The summed E-state index contributed by atoms with van der Waals surface area (Å²) in [6.07, 6.45) is 1.19. The molecule has 1 aromatic carbocycles. The van der Waals surface area contributed by atoms with E-state index in [0.29, 0.717) is 0 Å². The molecule has 1 aromatic rings. The smallest absolute Gasteiger partial charge is 0.0359 e. The van der Waals surface area contributed by atoms with Gasteiger partial charge >= 0.3 is 0 Å². The number of nitrogens with two attached hydrogens (primary N) is 1. The first-order valence-electron chi connectivity index (χ1n) is 6.17. The molecule has 0 aliphatic carbocycles. The molecule has 0 amide bonds. The average molecular weight is 235 g/mol. The number of benzene rings is 1. The molecule has 96 valence electrons. The fraction of sp³-hybridized carbons (Fsp3) is 0.571. The lowest BCUT2D eigenvalue weighted by Gasteiger charge is -2.19. The number of anilines is 1. The maximum absolute atomic E-state index is 5.98. The Hall–Kier alpha value is -1.06. The number of hydrogen-bond donors (Lipinski definition) is 1. The largest absolute Gasteiger partial charge is 0.398 e. The highest BCUT2D eigenvalue weighted by Gasteiger charge is 2.04. The van der Waals surface area contributed by atoms with Gasteiger partial charge in [0.15, 0.2) is 0 Å². The average Bonchev–Trinajstić information content (AvgIpc) is 2.23. The molecule has 0 aliphatic rings. The molecule has 1 rings (SSSR count). The fourth-order valence-corrected chi connectivity index (χ4v) is 1.90. The molecule has 0 spiro atoms. The third-order valence-corrected chi connectivity index (χ3v) is 2.88. The maximum atomic E-state index is 5.98. The lowest BCUT2D eigenvalue weighted by molar-refractivity contribution is 0.295. The van der Waals surface area contributed by atoms with Crippen molar-refractivity contribution in [2.24, 2.45) is 0 Å². The van der Waals surface area contributed by atoms with Crippen LogP contribution < -0.4 is 5.73 Å². The topological polar surface area (TPSA) is 32.5 Å². The Kier molecular flexibility index (Phi) is 5.45. The Bertz CT molecular complexity index is 347. The first-order chi connectivity index (χ1) is 7.99. The Morgan fingerprint density at radius 2 is 1.82 bits per heavy atom. The van der Waals surface area contributed by atoms with Crippen molar-refractivity contribution in [3.05, 3.63) is 29.3 Å². The van der Waals surface area contributed by atoms with Crippen LogP contribution in [0.2, 0.25) is 0 Å². The van der Waals surface area contributed by atoms with Gasteiger partial charge in [-0.2, -0.15) is 0 Å². The van der Waals surface area contributed by atoms with Crippen molar-refractivity contribution in [1.82, 2.24) is 9.80 Å². The summed E-state index contributed by atoms with van der Waals surface area (Å²) in [4.78, 5) is 4.55. The van der Waals surface area contributed by atoms with E-state index in [2.05, 4.69) is 50.0 Å². The van der Waals surface area contributed by atoms with Crippen LogP contribution in [0, 0.1) is 6.92 Å². The van der Waals surface area contributed by atoms with Crippen molar-refractivity contribution < 1.29 is 0 Å². The third kappa shape index (κ3) is 5.20. The first-order valence-corrected chi connectivity index (χ1v) is 6.17. The highest BCUT2D eigenvalue weighted by atomic mass is 15.1. The number of aryl methyl sites for hydroxylation is 1. The maximum Gasteiger partial charge on any atom is 0.0359 e. The lowest BCUT2D eigenvalue weighted by Crippen LogP contribution is -2.23. The van der Waals surface area contributed by atoms with Gasteiger partial charge in [-0.15, -0.1) is 0 Å². The van der Waals surface area contributed by atoms with Crippen LogP contribution in [0.1, 0.15) is 17.5 Å². The first kappa shape index (κ1) is 14.0. The van der Waals surface area contributed by atoms with E-state index in [-0.39, 0.29) is 0 Å². The van der Waals surface area contributed by atoms with Crippen LogP contribution in [0.5, 0.6) is 0 Å². The summed E-state index contributed by atoms with van der Waals surface area (Å²) >= 11 is 0. The van der Waals surface area contributed by atoms with E-state index in [1.54, 1.807) is 0 Å². The van der Waals surface area contributed by atoms with Crippen LogP contribution in [-0.2, 0) is 6.54 Å². The van der Waals surface area contributed by atoms with E-state index in [0.717, 1.165) is 25.3 Å². The summed E-state index contributed by atoms with van der Waals surface area (Å²) in [5, 5.41) is 0. The van der Waals surface area contributed by atoms with Gasteiger partial charge in [-0.1, -0.05) is 17.7 Å². The second-order valence-electron chi connectivity index (χ2n) is 5.10. The summed E-state index contributed by atoms with van der Waals surface area (Å²) in [7, 11) is 6.37. The van der Waals surface area contributed by atoms with E-state index in [1.165, 1.54) is 17.5 Å². The zero-order valence-corrected chi connectivity index (χ0v) is 11.5. The minimum Gasteiger partial charge on any atom is -0.398 e. The predicted molar refractivity (Wildman–Crippen MR) is 75.1 cm³/mol. The van der Waals surface area contributed by atoms with Gasteiger partial charge in [-0.25, -0.2) is 0 Å². The summed E-state index contributed by atoms with van der Waals surface area (Å²) in [6.45, 7) is 5.27. The number of nitrogen functional groups attached to an aromatic ring is 1. The van der Waals surface area contributed by atoms with Crippen LogP contribution in [-0.4, -0.2) is 44.0 Å². The molecule has 0 atom stereocenters. The molecular weight excluding hydrogens is 210 g/mol. The Balaban J connectivity index is 2.44.